The minimum Gasteiger partial charge on any atom is -0.494 e. The minimum absolute atomic E-state index is 0.636. The summed E-state index contributed by atoms with van der Waals surface area (Å²) in [5.41, 5.74) is 2.44. The molecule has 0 heterocycles. The Kier molecular flexibility index (Phi) is 4.30. The van der Waals surface area contributed by atoms with E-state index in [4.69, 9.17) is 10.00 Å². The summed E-state index contributed by atoms with van der Waals surface area (Å²) >= 11 is 0. The van der Waals surface area contributed by atoms with E-state index in [9.17, 15) is 0 Å². The van der Waals surface area contributed by atoms with Crippen LogP contribution in [0.15, 0.2) is 53.5 Å². The standard InChI is InChI=1S/C16H14N2O/c1-2-19-16-5-3-4-14(10-16)12-18-15-8-6-13(11-17)7-9-15/h3-10,12H,2H2,1H3. The predicted molar refractivity (Wildman–Crippen MR) is 76.0 cm³/mol. The summed E-state index contributed by atoms with van der Waals surface area (Å²) in [6.07, 6.45) is 1.78. The molecule has 0 spiro atoms. The summed E-state index contributed by atoms with van der Waals surface area (Å²) < 4.78 is 5.43. The number of aliphatic imine (C=N–C) groups is 1. The number of nitrogens with zero attached hydrogens (tertiary/aromatic N) is 2. The lowest BCUT2D eigenvalue weighted by molar-refractivity contribution is 0.340. The van der Waals surface area contributed by atoms with Crippen LogP contribution < -0.4 is 4.74 Å². The predicted octanol–water partition coefficient (Wildman–Crippen LogP) is 3.71. The van der Waals surface area contributed by atoms with Crippen LogP contribution in [0.4, 0.5) is 5.69 Å². The molecular formula is C16H14N2O. The monoisotopic (exact) mass is 250 g/mol. The molecule has 0 saturated carbocycles. The van der Waals surface area contributed by atoms with Gasteiger partial charge in [-0.25, -0.2) is 0 Å². The molecule has 0 aliphatic carbocycles. The van der Waals surface area contributed by atoms with Crippen molar-refractivity contribution < 1.29 is 4.74 Å². The second-order valence-electron chi connectivity index (χ2n) is 3.92. The van der Waals surface area contributed by atoms with Crippen molar-refractivity contribution in [1.82, 2.24) is 0 Å². The highest BCUT2D eigenvalue weighted by atomic mass is 16.5. The van der Waals surface area contributed by atoms with Crippen LogP contribution in [-0.2, 0) is 0 Å². The van der Waals surface area contributed by atoms with Crippen molar-refractivity contribution in [1.29, 1.82) is 5.26 Å². The molecule has 0 aliphatic heterocycles. The normalized spacial score (nSPS) is 10.3. The molecule has 2 rings (SSSR count). The molecule has 3 nitrogen and oxygen atoms in total. The summed E-state index contributed by atoms with van der Waals surface area (Å²) in [6, 6.07) is 17.0. The fourth-order valence-electron chi connectivity index (χ4n) is 1.62. The van der Waals surface area contributed by atoms with Crippen molar-refractivity contribution >= 4 is 11.9 Å². The molecule has 0 atom stereocenters. The van der Waals surface area contributed by atoms with Crippen LogP contribution in [0, 0.1) is 11.3 Å². The molecule has 0 saturated heterocycles. The highest BCUT2D eigenvalue weighted by Gasteiger charge is 1.94. The lowest BCUT2D eigenvalue weighted by Crippen LogP contribution is -1.91. The van der Waals surface area contributed by atoms with Crippen LogP contribution in [0.5, 0.6) is 5.75 Å². The second-order valence-corrected chi connectivity index (χ2v) is 3.92. The Labute approximate surface area is 112 Å². The van der Waals surface area contributed by atoms with Gasteiger partial charge in [-0.05, 0) is 48.9 Å². The number of hydrogen-bond donors (Lipinski definition) is 0. The van der Waals surface area contributed by atoms with E-state index >= 15 is 0 Å². The van der Waals surface area contributed by atoms with Crippen molar-refractivity contribution in [2.24, 2.45) is 4.99 Å². The van der Waals surface area contributed by atoms with Crippen molar-refractivity contribution in [3.8, 4) is 11.8 Å². The average Bonchev–Trinajstić information content (AvgIpc) is 2.46. The molecule has 2 aromatic carbocycles. The lowest BCUT2D eigenvalue weighted by Gasteiger charge is -2.02. The quantitative estimate of drug-likeness (QED) is 0.776. The maximum Gasteiger partial charge on any atom is 0.119 e. The summed E-state index contributed by atoms with van der Waals surface area (Å²) in [7, 11) is 0. The van der Waals surface area contributed by atoms with E-state index in [0.29, 0.717) is 12.2 Å². The van der Waals surface area contributed by atoms with E-state index in [1.165, 1.54) is 0 Å². The first-order chi connectivity index (χ1) is 9.31. The molecule has 2 aromatic rings. The topological polar surface area (TPSA) is 45.4 Å². The molecule has 0 N–H and O–H groups in total. The van der Waals surface area contributed by atoms with Gasteiger partial charge in [0.25, 0.3) is 0 Å². The minimum atomic E-state index is 0.636. The Morgan fingerprint density at radius 2 is 2.00 bits per heavy atom. The SMILES string of the molecule is CCOc1cccc(C=Nc2ccc(C#N)cc2)c1. The second kappa shape index (κ2) is 6.36. The molecule has 3 heteroatoms. The molecule has 0 aliphatic rings. The van der Waals surface area contributed by atoms with Gasteiger partial charge in [-0.2, -0.15) is 5.26 Å². The van der Waals surface area contributed by atoms with Crippen LogP contribution in [-0.4, -0.2) is 12.8 Å². The van der Waals surface area contributed by atoms with Crippen molar-refractivity contribution in [3.05, 3.63) is 59.7 Å². The van der Waals surface area contributed by atoms with Gasteiger partial charge in [0.05, 0.1) is 23.9 Å². The Bertz CT molecular complexity index is 609. The fourth-order valence-corrected chi connectivity index (χ4v) is 1.62. The van der Waals surface area contributed by atoms with E-state index in [2.05, 4.69) is 11.1 Å². The van der Waals surface area contributed by atoms with Crippen LogP contribution in [0.2, 0.25) is 0 Å². The molecule has 94 valence electrons. The van der Waals surface area contributed by atoms with Crippen LogP contribution in [0.3, 0.4) is 0 Å². The summed E-state index contributed by atoms with van der Waals surface area (Å²) in [6.45, 7) is 2.60. The highest BCUT2D eigenvalue weighted by molar-refractivity contribution is 5.82. The van der Waals surface area contributed by atoms with Gasteiger partial charge >= 0.3 is 0 Å². The van der Waals surface area contributed by atoms with E-state index < -0.39 is 0 Å². The van der Waals surface area contributed by atoms with Gasteiger partial charge in [0, 0.05) is 6.21 Å². The van der Waals surface area contributed by atoms with E-state index in [1.54, 1.807) is 18.3 Å². The zero-order valence-electron chi connectivity index (χ0n) is 10.7. The molecular weight excluding hydrogens is 236 g/mol. The maximum atomic E-state index is 8.72. The van der Waals surface area contributed by atoms with Crippen molar-refractivity contribution in [3.63, 3.8) is 0 Å². The molecule has 0 fully saturated rings. The van der Waals surface area contributed by atoms with Gasteiger partial charge in [0.1, 0.15) is 5.75 Å². The largest absolute Gasteiger partial charge is 0.494 e. The van der Waals surface area contributed by atoms with E-state index in [-0.39, 0.29) is 0 Å². The summed E-state index contributed by atoms with van der Waals surface area (Å²) in [5.74, 6) is 0.839. The van der Waals surface area contributed by atoms with Gasteiger partial charge in [-0.15, -0.1) is 0 Å². The Morgan fingerprint density at radius 1 is 1.21 bits per heavy atom. The van der Waals surface area contributed by atoms with Gasteiger partial charge in [0.15, 0.2) is 0 Å². The number of nitriles is 1. The molecule has 0 bridgehead atoms. The third-order valence-corrected chi connectivity index (χ3v) is 2.53. The third-order valence-electron chi connectivity index (χ3n) is 2.53. The fraction of sp³-hybridized carbons (Fsp3) is 0.125. The number of ether oxygens (including phenoxy) is 1. The van der Waals surface area contributed by atoms with E-state index in [1.807, 2.05) is 43.3 Å². The number of rotatable bonds is 4. The van der Waals surface area contributed by atoms with Crippen molar-refractivity contribution in [2.75, 3.05) is 6.61 Å². The zero-order valence-corrected chi connectivity index (χ0v) is 10.7. The van der Waals surface area contributed by atoms with Crippen LogP contribution in [0.25, 0.3) is 0 Å². The van der Waals surface area contributed by atoms with Crippen LogP contribution >= 0.6 is 0 Å². The molecule has 0 amide bonds. The number of hydrogen-bond acceptors (Lipinski definition) is 3. The van der Waals surface area contributed by atoms with Gasteiger partial charge in [-0.1, -0.05) is 12.1 Å². The van der Waals surface area contributed by atoms with E-state index in [0.717, 1.165) is 17.0 Å². The van der Waals surface area contributed by atoms with Crippen molar-refractivity contribution in [2.45, 2.75) is 6.92 Å². The summed E-state index contributed by atoms with van der Waals surface area (Å²) in [4.78, 5) is 4.36. The molecule has 0 unspecified atom stereocenters. The number of benzene rings is 2. The Hall–Kier alpha value is -2.60. The van der Waals surface area contributed by atoms with Gasteiger partial charge in [0.2, 0.25) is 0 Å². The smallest absolute Gasteiger partial charge is 0.119 e. The molecule has 0 aromatic heterocycles. The van der Waals surface area contributed by atoms with Gasteiger partial charge in [-0.3, -0.25) is 4.99 Å². The Balaban J connectivity index is 2.13. The van der Waals surface area contributed by atoms with Crippen LogP contribution in [0.1, 0.15) is 18.1 Å². The van der Waals surface area contributed by atoms with Gasteiger partial charge < -0.3 is 4.74 Å². The maximum absolute atomic E-state index is 8.72. The first-order valence-corrected chi connectivity index (χ1v) is 6.09. The first kappa shape index (κ1) is 12.8. The third kappa shape index (κ3) is 3.68. The molecule has 0 radical (unpaired) electrons. The Morgan fingerprint density at radius 3 is 2.68 bits per heavy atom. The first-order valence-electron chi connectivity index (χ1n) is 6.09. The lowest BCUT2D eigenvalue weighted by atomic mass is 10.2. The molecule has 19 heavy (non-hydrogen) atoms. The summed E-state index contributed by atoms with van der Waals surface area (Å²) in [5, 5.41) is 8.72. The zero-order chi connectivity index (χ0) is 13.5. The average molecular weight is 250 g/mol. The highest BCUT2D eigenvalue weighted by Crippen LogP contribution is 2.15.